The summed E-state index contributed by atoms with van der Waals surface area (Å²) in [6.45, 7) is 0. The number of halogens is 1. The number of nitro groups is 1. The Morgan fingerprint density at radius 2 is 1.76 bits per heavy atom. The molecule has 2 aromatic rings. The van der Waals surface area contributed by atoms with Gasteiger partial charge in [0.2, 0.25) is 0 Å². The second-order valence-electron chi connectivity index (χ2n) is 4.19. The van der Waals surface area contributed by atoms with E-state index in [2.05, 4.69) is 15.9 Å². The number of para-hydroxylation sites is 1. The van der Waals surface area contributed by atoms with Gasteiger partial charge in [0, 0.05) is 15.6 Å². The molecule has 0 N–H and O–H groups in total. The smallest absolute Gasteiger partial charge is 0.258 e. The van der Waals surface area contributed by atoms with Crippen LogP contribution in [0, 0.1) is 10.1 Å². The molecule has 0 aliphatic heterocycles. The van der Waals surface area contributed by atoms with Gasteiger partial charge in [-0.3, -0.25) is 10.1 Å². The fraction of sp³-hybridized carbons (Fsp3) is 0.0769. The zero-order valence-corrected chi connectivity index (χ0v) is 14.0. The largest absolute Gasteiger partial charge is 0.301 e. The van der Waals surface area contributed by atoms with Gasteiger partial charge in [0.1, 0.15) is 4.90 Å². The highest BCUT2D eigenvalue weighted by Gasteiger charge is 2.26. The van der Waals surface area contributed by atoms with E-state index in [0.29, 0.717) is 4.90 Å². The average molecular weight is 388 g/mol. The molecule has 0 bridgehead atoms. The van der Waals surface area contributed by atoms with E-state index in [4.69, 9.17) is 0 Å². The molecule has 2 rings (SSSR count). The van der Waals surface area contributed by atoms with E-state index < -0.39 is 14.8 Å². The fourth-order valence-corrected chi connectivity index (χ4v) is 3.84. The monoisotopic (exact) mass is 387 g/mol. The van der Waals surface area contributed by atoms with Crippen molar-refractivity contribution in [2.75, 3.05) is 6.26 Å². The molecule has 21 heavy (non-hydrogen) atoms. The molecular weight excluding hydrogens is 378 g/mol. The number of sulfone groups is 1. The Bertz CT molecular complexity index is 788. The van der Waals surface area contributed by atoms with E-state index in [-0.39, 0.29) is 10.6 Å². The van der Waals surface area contributed by atoms with Crippen molar-refractivity contribution >= 4 is 43.2 Å². The van der Waals surface area contributed by atoms with E-state index in [1.54, 1.807) is 18.2 Å². The summed E-state index contributed by atoms with van der Waals surface area (Å²) in [6, 6.07) is 11.5. The van der Waals surface area contributed by atoms with Crippen LogP contribution in [0.3, 0.4) is 0 Å². The van der Waals surface area contributed by atoms with Crippen molar-refractivity contribution in [3.05, 3.63) is 57.1 Å². The molecule has 0 aliphatic carbocycles. The number of nitro benzene ring substituents is 1. The normalized spacial score (nSPS) is 11.3. The Balaban J connectivity index is 2.54. The van der Waals surface area contributed by atoms with Gasteiger partial charge in [0.15, 0.2) is 9.84 Å². The third-order valence-corrected chi connectivity index (χ3v) is 5.30. The zero-order valence-electron chi connectivity index (χ0n) is 10.8. The summed E-state index contributed by atoms with van der Waals surface area (Å²) in [4.78, 5) is 11.4. The van der Waals surface area contributed by atoms with Gasteiger partial charge in [-0.2, -0.15) is 0 Å². The zero-order chi connectivity index (χ0) is 15.6. The van der Waals surface area contributed by atoms with Gasteiger partial charge in [0.05, 0.1) is 9.82 Å². The minimum Gasteiger partial charge on any atom is -0.258 e. The maximum Gasteiger partial charge on any atom is 0.301 e. The summed E-state index contributed by atoms with van der Waals surface area (Å²) in [5.41, 5.74) is -0.382. The maximum absolute atomic E-state index is 11.7. The molecule has 0 amide bonds. The summed E-state index contributed by atoms with van der Waals surface area (Å²) >= 11 is 4.46. The van der Waals surface area contributed by atoms with Crippen LogP contribution >= 0.6 is 27.7 Å². The van der Waals surface area contributed by atoms with Crippen molar-refractivity contribution in [1.82, 2.24) is 0 Å². The summed E-state index contributed by atoms with van der Waals surface area (Å²) in [6.07, 6.45) is 0.962. The molecule has 0 aromatic heterocycles. The van der Waals surface area contributed by atoms with E-state index in [1.165, 1.54) is 12.1 Å². The molecule has 0 fully saturated rings. The maximum atomic E-state index is 11.7. The second kappa shape index (κ2) is 6.17. The molecule has 5 nitrogen and oxygen atoms in total. The second-order valence-corrected chi connectivity index (χ2v) is 8.20. The highest BCUT2D eigenvalue weighted by atomic mass is 79.9. The molecule has 110 valence electrons. The van der Waals surface area contributed by atoms with Gasteiger partial charge < -0.3 is 0 Å². The lowest BCUT2D eigenvalue weighted by Crippen LogP contribution is -2.03. The van der Waals surface area contributed by atoms with Gasteiger partial charge in [-0.1, -0.05) is 33.8 Å². The van der Waals surface area contributed by atoms with Crippen LogP contribution in [-0.2, 0) is 9.84 Å². The summed E-state index contributed by atoms with van der Waals surface area (Å²) in [5, 5.41) is 11.3. The predicted octanol–water partition coefficient (Wildman–Crippen LogP) is 3.91. The number of hydrogen-bond acceptors (Lipinski definition) is 5. The lowest BCUT2D eigenvalue weighted by atomic mass is 10.3. The van der Waals surface area contributed by atoms with Crippen molar-refractivity contribution in [3.8, 4) is 0 Å². The van der Waals surface area contributed by atoms with E-state index in [1.807, 2.05) is 12.1 Å². The molecule has 0 aliphatic rings. The molecule has 0 spiro atoms. The molecule has 2 aromatic carbocycles. The number of hydrogen-bond donors (Lipinski definition) is 0. The first kappa shape index (κ1) is 16.0. The fourth-order valence-electron chi connectivity index (χ4n) is 1.69. The van der Waals surface area contributed by atoms with Crippen molar-refractivity contribution in [2.45, 2.75) is 14.7 Å². The molecule has 0 heterocycles. The van der Waals surface area contributed by atoms with E-state index >= 15 is 0 Å². The van der Waals surface area contributed by atoms with Crippen LogP contribution in [-0.4, -0.2) is 19.6 Å². The first-order chi connectivity index (χ1) is 9.79. The Labute approximate surface area is 134 Å². The van der Waals surface area contributed by atoms with Crippen LogP contribution in [0.4, 0.5) is 5.69 Å². The van der Waals surface area contributed by atoms with Crippen LogP contribution in [0.25, 0.3) is 0 Å². The standard InChI is InChI=1S/C13H10BrNO4S2/c1-21(18,19)12-4-2-3-11(13(12)15(16)17)20-10-7-5-9(14)6-8-10/h2-8H,1H3. The number of nitrogens with zero attached hydrogens (tertiary/aromatic N) is 1. The summed E-state index contributed by atoms with van der Waals surface area (Å²) in [7, 11) is -3.66. The third kappa shape index (κ3) is 3.84. The average Bonchev–Trinajstić information content (AvgIpc) is 2.40. The summed E-state index contributed by atoms with van der Waals surface area (Å²) in [5.74, 6) is 0. The van der Waals surface area contributed by atoms with Crippen LogP contribution in [0.1, 0.15) is 0 Å². The molecule has 0 radical (unpaired) electrons. The van der Waals surface area contributed by atoms with Gasteiger partial charge >= 0.3 is 5.69 Å². The lowest BCUT2D eigenvalue weighted by molar-refractivity contribution is -0.390. The van der Waals surface area contributed by atoms with Crippen LogP contribution in [0.15, 0.2) is 61.6 Å². The third-order valence-electron chi connectivity index (χ3n) is 2.59. The Hall–Kier alpha value is -1.38. The van der Waals surface area contributed by atoms with Crippen molar-refractivity contribution in [2.24, 2.45) is 0 Å². The summed E-state index contributed by atoms with van der Waals surface area (Å²) < 4.78 is 24.3. The highest BCUT2D eigenvalue weighted by molar-refractivity contribution is 9.10. The minimum absolute atomic E-state index is 0.269. The van der Waals surface area contributed by atoms with Crippen LogP contribution < -0.4 is 0 Å². The van der Waals surface area contributed by atoms with Gasteiger partial charge in [-0.05, 0) is 36.4 Å². The highest BCUT2D eigenvalue weighted by Crippen LogP contribution is 2.38. The van der Waals surface area contributed by atoms with E-state index in [0.717, 1.165) is 27.4 Å². The quantitative estimate of drug-likeness (QED) is 0.586. The Morgan fingerprint density at radius 1 is 1.14 bits per heavy atom. The molecule has 0 saturated heterocycles. The predicted molar refractivity (Wildman–Crippen MR) is 84.5 cm³/mol. The molecule has 0 unspecified atom stereocenters. The van der Waals surface area contributed by atoms with Gasteiger partial charge in [0.25, 0.3) is 0 Å². The lowest BCUT2D eigenvalue weighted by Gasteiger charge is -2.06. The molecule has 8 heteroatoms. The Morgan fingerprint density at radius 3 is 2.29 bits per heavy atom. The molecule has 0 saturated carbocycles. The van der Waals surface area contributed by atoms with Gasteiger partial charge in [-0.15, -0.1) is 0 Å². The molecule has 0 atom stereocenters. The van der Waals surface area contributed by atoms with Crippen molar-refractivity contribution < 1.29 is 13.3 Å². The molecular formula is C13H10BrNO4S2. The Kier molecular flexibility index (Phi) is 4.70. The van der Waals surface area contributed by atoms with Crippen LogP contribution in [0.5, 0.6) is 0 Å². The van der Waals surface area contributed by atoms with Crippen LogP contribution in [0.2, 0.25) is 0 Å². The van der Waals surface area contributed by atoms with Crippen molar-refractivity contribution in [3.63, 3.8) is 0 Å². The minimum atomic E-state index is -3.66. The SMILES string of the molecule is CS(=O)(=O)c1cccc(Sc2ccc(Br)cc2)c1[N+](=O)[O-]. The topological polar surface area (TPSA) is 77.3 Å². The van der Waals surface area contributed by atoms with E-state index in [9.17, 15) is 18.5 Å². The first-order valence-corrected chi connectivity index (χ1v) is 9.20. The van der Waals surface area contributed by atoms with Crippen molar-refractivity contribution in [1.29, 1.82) is 0 Å². The number of rotatable bonds is 4. The number of benzene rings is 2. The first-order valence-electron chi connectivity index (χ1n) is 5.70. The van der Waals surface area contributed by atoms with Gasteiger partial charge in [-0.25, -0.2) is 8.42 Å².